The summed E-state index contributed by atoms with van der Waals surface area (Å²) in [6.07, 6.45) is -4.89. The van der Waals surface area contributed by atoms with E-state index in [2.05, 4.69) is 0 Å². The second-order valence-electron chi connectivity index (χ2n) is 1.74. The first-order chi connectivity index (χ1) is 4.75. The molecule has 0 aliphatic heterocycles. The van der Waals surface area contributed by atoms with Crippen molar-refractivity contribution in [2.75, 3.05) is 5.88 Å². The summed E-state index contributed by atoms with van der Waals surface area (Å²) in [5.74, 6) is -3.11. The third-order valence-corrected chi connectivity index (χ3v) is 2.77. The smallest absolute Gasteiger partial charge is 0.415 e. The molecule has 2 nitrogen and oxygen atoms in total. The van der Waals surface area contributed by atoms with Gasteiger partial charge >= 0.3 is 12.1 Å². The molecule has 11 heavy (non-hydrogen) atoms. The second kappa shape index (κ2) is 3.18. The van der Waals surface area contributed by atoms with Crippen LogP contribution in [0.4, 0.5) is 13.2 Å². The summed E-state index contributed by atoms with van der Waals surface area (Å²) in [5.41, 5.74) is 0. The van der Waals surface area contributed by atoms with Crippen LogP contribution in [0.3, 0.4) is 0 Å². The number of carboxylic acids is 1. The van der Waals surface area contributed by atoms with Gasteiger partial charge in [-0.05, 0) is 0 Å². The number of carbonyl (C=O) groups is 1. The highest BCUT2D eigenvalue weighted by Crippen LogP contribution is 2.38. The topological polar surface area (TPSA) is 37.3 Å². The van der Waals surface area contributed by atoms with Gasteiger partial charge in [0.05, 0.1) is 5.88 Å². The Labute approximate surface area is 73.5 Å². The molecule has 0 heterocycles. The Bertz CT molecular complexity index is 171. The Morgan fingerprint density at radius 3 is 1.91 bits per heavy atom. The molecule has 1 unspecified atom stereocenters. The van der Waals surface area contributed by atoms with Crippen LogP contribution in [0, 0.1) is 0 Å². The number of aliphatic carboxylic acids is 1. The average molecular weight is 255 g/mol. The van der Waals surface area contributed by atoms with Crippen molar-refractivity contribution in [2.24, 2.45) is 0 Å². The van der Waals surface area contributed by atoms with Crippen molar-refractivity contribution in [1.82, 2.24) is 0 Å². The molecular formula is C4H3BrClF3O2. The third-order valence-electron chi connectivity index (χ3n) is 0.972. The Morgan fingerprint density at radius 2 is 1.91 bits per heavy atom. The van der Waals surface area contributed by atoms with E-state index >= 15 is 0 Å². The van der Waals surface area contributed by atoms with Crippen LogP contribution in [0.5, 0.6) is 0 Å². The molecule has 0 aliphatic carbocycles. The number of halogens is 5. The monoisotopic (exact) mass is 254 g/mol. The van der Waals surface area contributed by atoms with Gasteiger partial charge in [0, 0.05) is 0 Å². The van der Waals surface area contributed by atoms with Gasteiger partial charge in [-0.25, -0.2) is 0 Å². The zero-order valence-electron chi connectivity index (χ0n) is 4.95. The predicted molar refractivity (Wildman–Crippen MR) is 36.1 cm³/mol. The molecule has 0 aromatic rings. The summed E-state index contributed by atoms with van der Waals surface area (Å²) in [4.78, 5) is 10.0. The van der Waals surface area contributed by atoms with E-state index in [4.69, 9.17) is 16.7 Å². The minimum atomic E-state index is -4.89. The lowest BCUT2D eigenvalue weighted by molar-refractivity contribution is -0.177. The largest absolute Gasteiger partial charge is 0.480 e. The van der Waals surface area contributed by atoms with Crippen molar-refractivity contribution in [3.8, 4) is 0 Å². The summed E-state index contributed by atoms with van der Waals surface area (Å²) >= 11 is 6.85. The van der Waals surface area contributed by atoms with Gasteiger partial charge in [-0.3, -0.25) is 4.79 Å². The van der Waals surface area contributed by atoms with Gasteiger partial charge in [-0.2, -0.15) is 13.2 Å². The molecule has 1 N–H and O–H groups in total. The molecule has 0 saturated carbocycles. The van der Waals surface area contributed by atoms with Crippen LogP contribution in [0.2, 0.25) is 0 Å². The Balaban J connectivity index is 4.75. The number of hydrogen-bond donors (Lipinski definition) is 1. The number of hydrogen-bond acceptors (Lipinski definition) is 1. The highest BCUT2D eigenvalue weighted by atomic mass is 79.9. The number of rotatable bonds is 2. The Morgan fingerprint density at radius 1 is 1.55 bits per heavy atom. The molecule has 0 spiro atoms. The van der Waals surface area contributed by atoms with E-state index in [1.165, 1.54) is 0 Å². The molecule has 0 radical (unpaired) electrons. The fourth-order valence-electron chi connectivity index (χ4n) is 0.254. The van der Waals surface area contributed by atoms with E-state index in [0.717, 1.165) is 0 Å². The maximum atomic E-state index is 11.8. The van der Waals surface area contributed by atoms with Crippen molar-refractivity contribution in [3.05, 3.63) is 0 Å². The fraction of sp³-hybridized carbons (Fsp3) is 0.750. The zero-order valence-corrected chi connectivity index (χ0v) is 7.29. The van der Waals surface area contributed by atoms with Crippen molar-refractivity contribution in [3.63, 3.8) is 0 Å². The molecule has 0 aromatic heterocycles. The predicted octanol–water partition coefficient (Wildman–Crippen LogP) is 2.01. The van der Waals surface area contributed by atoms with Crippen LogP contribution >= 0.6 is 27.5 Å². The summed E-state index contributed by atoms with van der Waals surface area (Å²) in [7, 11) is 0. The maximum Gasteiger partial charge on any atom is 0.415 e. The fourth-order valence-corrected chi connectivity index (χ4v) is 0.520. The zero-order chi connectivity index (χ0) is 9.28. The van der Waals surface area contributed by atoms with Gasteiger partial charge < -0.3 is 5.11 Å². The van der Waals surface area contributed by atoms with E-state index < -0.39 is 22.3 Å². The second-order valence-corrected chi connectivity index (χ2v) is 3.36. The van der Waals surface area contributed by atoms with Crippen LogP contribution in [-0.4, -0.2) is 27.5 Å². The maximum absolute atomic E-state index is 11.8. The number of alkyl halides is 5. The van der Waals surface area contributed by atoms with Crippen LogP contribution in [0.15, 0.2) is 0 Å². The van der Waals surface area contributed by atoms with Gasteiger partial charge in [0.15, 0.2) is 0 Å². The van der Waals surface area contributed by atoms with Crippen molar-refractivity contribution in [2.45, 2.75) is 10.5 Å². The summed E-state index contributed by atoms with van der Waals surface area (Å²) in [6, 6.07) is 0. The van der Waals surface area contributed by atoms with Crippen LogP contribution in [0.25, 0.3) is 0 Å². The van der Waals surface area contributed by atoms with Crippen molar-refractivity contribution < 1.29 is 23.1 Å². The molecule has 1 atom stereocenters. The van der Waals surface area contributed by atoms with E-state index in [9.17, 15) is 18.0 Å². The normalized spacial score (nSPS) is 17.5. The van der Waals surface area contributed by atoms with Crippen molar-refractivity contribution in [1.29, 1.82) is 0 Å². The van der Waals surface area contributed by atoms with Gasteiger partial charge in [-0.15, -0.1) is 11.6 Å². The summed E-state index contributed by atoms with van der Waals surface area (Å²) < 4.78 is 32.5. The molecule has 0 bridgehead atoms. The molecule has 0 aromatic carbocycles. The molecule has 0 amide bonds. The van der Waals surface area contributed by atoms with Gasteiger partial charge in [0.2, 0.25) is 4.32 Å². The quantitative estimate of drug-likeness (QED) is 0.766. The minimum Gasteiger partial charge on any atom is -0.480 e. The van der Waals surface area contributed by atoms with E-state index in [0.29, 0.717) is 0 Å². The third kappa shape index (κ3) is 1.99. The van der Waals surface area contributed by atoms with Gasteiger partial charge in [0.25, 0.3) is 0 Å². The van der Waals surface area contributed by atoms with Gasteiger partial charge in [-0.1, -0.05) is 15.9 Å². The van der Waals surface area contributed by atoms with Crippen LogP contribution in [0.1, 0.15) is 0 Å². The minimum absolute atomic E-state index is 1.06. The molecule has 7 heteroatoms. The molecule has 0 rings (SSSR count). The summed E-state index contributed by atoms with van der Waals surface area (Å²) in [6.45, 7) is 0. The highest BCUT2D eigenvalue weighted by molar-refractivity contribution is 9.10. The highest BCUT2D eigenvalue weighted by Gasteiger charge is 2.58. The molecule has 0 aliphatic rings. The lowest BCUT2D eigenvalue weighted by Gasteiger charge is -2.22. The summed E-state index contributed by atoms with van der Waals surface area (Å²) in [5, 5.41) is 8.12. The van der Waals surface area contributed by atoms with Crippen molar-refractivity contribution >= 4 is 33.5 Å². The lowest BCUT2D eigenvalue weighted by atomic mass is 10.2. The first-order valence-corrected chi connectivity index (χ1v) is 3.63. The van der Waals surface area contributed by atoms with E-state index in [-0.39, 0.29) is 0 Å². The molecular weight excluding hydrogens is 252 g/mol. The first-order valence-electron chi connectivity index (χ1n) is 2.30. The first kappa shape index (κ1) is 11.0. The van der Waals surface area contributed by atoms with Crippen LogP contribution < -0.4 is 0 Å². The SMILES string of the molecule is O=C(O)C(Br)(CCl)C(F)(F)F. The Kier molecular flexibility index (Phi) is 3.19. The molecule has 0 fully saturated rings. The number of carboxylic acid groups (broad SMARTS) is 1. The molecule has 66 valence electrons. The molecule has 0 saturated heterocycles. The Hall–Kier alpha value is 0.0300. The van der Waals surface area contributed by atoms with Crippen LogP contribution in [-0.2, 0) is 4.79 Å². The van der Waals surface area contributed by atoms with E-state index in [1.54, 1.807) is 0 Å². The van der Waals surface area contributed by atoms with E-state index in [1.807, 2.05) is 15.9 Å². The van der Waals surface area contributed by atoms with Gasteiger partial charge in [0.1, 0.15) is 0 Å². The lowest BCUT2D eigenvalue weighted by Crippen LogP contribution is -2.48. The standard InChI is InChI=1S/C4H3BrClF3O2/c5-3(1-6,2(10)11)4(7,8)9/h1H2,(H,10,11). The average Bonchev–Trinajstić information content (AvgIpc) is 1.83.